The minimum atomic E-state index is 0.320. The first-order chi connectivity index (χ1) is 9.43. The molecule has 0 aliphatic rings. The van der Waals surface area contributed by atoms with Crippen LogP contribution in [0.1, 0.15) is 36.6 Å². The van der Waals surface area contributed by atoms with Crippen LogP contribution in [0.15, 0.2) is 22.7 Å². The van der Waals surface area contributed by atoms with Gasteiger partial charge in [-0.15, -0.1) is 0 Å². The zero-order chi connectivity index (χ0) is 14.9. The van der Waals surface area contributed by atoms with E-state index in [4.69, 9.17) is 5.84 Å². The molecule has 106 valence electrons. The van der Waals surface area contributed by atoms with Crippen LogP contribution in [0, 0.1) is 13.8 Å². The van der Waals surface area contributed by atoms with Gasteiger partial charge in [0.15, 0.2) is 5.82 Å². The van der Waals surface area contributed by atoms with Gasteiger partial charge in [0, 0.05) is 21.3 Å². The van der Waals surface area contributed by atoms with Crippen molar-refractivity contribution in [2.24, 2.45) is 5.84 Å². The molecule has 0 spiro atoms. The van der Waals surface area contributed by atoms with Gasteiger partial charge in [0.05, 0.1) is 0 Å². The van der Waals surface area contributed by atoms with Gasteiger partial charge in [-0.05, 0) is 43.5 Å². The van der Waals surface area contributed by atoms with Gasteiger partial charge < -0.3 is 5.43 Å². The van der Waals surface area contributed by atoms with E-state index in [2.05, 4.69) is 51.2 Å². The van der Waals surface area contributed by atoms with Gasteiger partial charge in [-0.25, -0.2) is 15.8 Å². The van der Waals surface area contributed by atoms with Crippen LogP contribution in [0.3, 0.4) is 0 Å². The van der Waals surface area contributed by atoms with Gasteiger partial charge >= 0.3 is 0 Å². The smallest absolute Gasteiger partial charge is 0.162 e. The largest absolute Gasteiger partial charge is 0.308 e. The average molecular weight is 335 g/mol. The molecular weight excluding hydrogens is 316 g/mol. The molecule has 0 aliphatic carbocycles. The molecule has 0 radical (unpaired) electrons. The summed E-state index contributed by atoms with van der Waals surface area (Å²) < 4.78 is 1.05. The predicted octanol–water partition coefficient (Wildman–Crippen LogP) is 3.93. The topological polar surface area (TPSA) is 63.8 Å². The standard InChI is InChI=1S/C15H19BrN4/c1-8(2)13-10(4)18-14(19-15(13)20-17)12-6-5-11(16)7-9(12)3/h5-8H,17H2,1-4H3,(H,18,19,20). The Hall–Kier alpha value is -1.46. The Bertz CT molecular complexity index is 638. The van der Waals surface area contributed by atoms with Gasteiger partial charge in [-0.3, -0.25) is 0 Å². The van der Waals surface area contributed by atoms with Crippen LogP contribution < -0.4 is 11.3 Å². The Labute approximate surface area is 127 Å². The lowest BCUT2D eigenvalue weighted by Crippen LogP contribution is -2.14. The van der Waals surface area contributed by atoms with Crippen molar-refractivity contribution in [3.05, 3.63) is 39.5 Å². The molecule has 0 fully saturated rings. The van der Waals surface area contributed by atoms with Gasteiger partial charge in [0.25, 0.3) is 0 Å². The zero-order valence-corrected chi connectivity index (χ0v) is 13.7. The number of nitrogens with zero attached hydrogens (tertiary/aromatic N) is 2. The van der Waals surface area contributed by atoms with Gasteiger partial charge in [0.1, 0.15) is 5.82 Å². The first kappa shape index (κ1) is 14.9. The second kappa shape index (κ2) is 5.89. The van der Waals surface area contributed by atoms with E-state index in [0.717, 1.165) is 26.9 Å². The van der Waals surface area contributed by atoms with E-state index in [-0.39, 0.29) is 0 Å². The Balaban J connectivity index is 2.61. The number of anilines is 1. The molecule has 2 aromatic rings. The molecule has 0 bridgehead atoms. The molecule has 4 nitrogen and oxygen atoms in total. The summed E-state index contributed by atoms with van der Waals surface area (Å²) in [5, 5.41) is 0. The van der Waals surface area contributed by atoms with Crippen molar-refractivity contribution >= 4 is 21.7 Å². The highest BCUT2D eigenvalue weighted by Gasteiger charge is 2.15. The third-order valence-electron chi connectivity index (χ3n) is 3.28. The minimum Gasteiger partial charge on any atom is -0.308 e. The maximum absolute atomic E-state index is 5.62. The molecular formula is C15H19BrN4. The van der Waals surface area contributed by atoms with Crippen molar-refractivity contribution in [2.75, 3.05) is 5.43 Å². The molecule has 0 atom stereocenters. The number of nitrogen functional groups attached to an aromatic ring is 1. The fourth-order valence-corrected chi connectivity index (χ4v) is 2.86. The molecule has 0 saturated heterocycles. The molecule has 1 heterocycles. The van der Waals surface area contributed by atoms with E-state index in [1.807, 2.05) is 26.0 Å². The third kappa shape index (κ3) is 2.83. The number of hydrazine groups is 1. The lowest BCUT2D eigenvalue weighted by atomic mass is 10.0. The maximum Gasteiger partial charge on any atom is 0.162 e. The summed E-state index contributed by atoms with van der Waals surface area (Å²) in [5.74, 6) is 7.34. The summed E-state index contributed by atoms with van der Waals surface area (Å²) in [6.45, 7) is 8.26. The van der Waals surface area contributed by atoms with Crippen molar-refractivity contribution < 1.29 is 0 Å². The van der Waals surface area contributed by atoms with Crippen LogP contribution in [-0.4, -0.2) is 9.97 Å². The lowest BCUT2D eigenvalue weighted by Gasteiger charge is -2.16. The van der Waals surface area contributed by atoms with Crippen LogP contribution >= 0.6 is 15.9 Å². The van der Waals surface area contributed by atoms with E-state index in [9.17, 15) is 0 Å². The fourth-order valence-electron chi connectivity index (χ4n) is 2.38. The normalized spacial score (nSPS) is 10.9. The Morgan fingerprint density at radius 1 is 1.20 bits per heavy atom. The highest BCUT2D eigenvalue weighted by Crippen LogP contribution is 2.29. The number of rotatable bonds is 3. The van der Waals surface area contributed by atoms with E-state index in [0.29, 0.717) is 17.6 Å². The van der Waals surface area contributed by atoms with Crippen molar-refractivity contribution in [1.29, 1.82) is 0 Å². The number of nitrogens with two attached hydrogens (primary N) is 1. The zero-order valence-electron chi connectivity index (χ0n) is 12.2. The number of aryl methyl sites for hydroxylation is 2. The first-order valence-corrected chi connectivity index (χ1v) is 7.35. The molecule has 3 N–H and O–H groups in total. The molecule has 20 heavy (non-hydrogen) atoms. The van der Waals surface area contributed by atoms with Crippen molar-refractivity contribution in [1.82, 2.24) is 9.97 Å². The second-order valence-electron chi connectivity index (χ2n) is 5.15. The van der Waals surface area contributed by atoms with E-state index in [1.165, 1.54) is 0 Å². The Morgan fingerprint density at radius 2 is 1.90 bits per heavy atom. The van der Waals surface area contributed by atoms with Gasteiger partial charge in [0.2, 0.25) is 0 Å². The van der Waals surface area contributed by atoms with Crippen molar-refractivity contribution in [3.8, 4) is 11.4 Å². The molecule has 2 rings (SSSR count). The molecule has 0 aliphatic heterocycles. The minimum absolute atomic E-state index is 0.320. The molecule has 0 amide bonds. The van der Waals surface area contributed by atoms with E-state index in [1.54, 1.807) is 0 Å². The Morgan fingerprint density at radius 3 is 2.45 bits per heavy atom. The van der Waals surface area contributed by atoms with Gasteiger partial charge in [-0.1, -0.05) is 29.8 Å². The summed E-state index contributed by atoms with van der Waals surface area (Å²) >= 11 is 3.47. The summed E-state index contributed by atoms with van der Waals surface area (Å²) in [6, 6.07) is 6.07. The molecule has 0 saturated carbocycles. The van der Waals surface area contributed by atoms with Crippen LogP contribution in [0.4, 0.5) is 5.82 Å². The Kier molecular flexibility index (Phi) is 4.40. The van der Waals surface area contributed by atoms with Crippen LogP contribution in [0.5, 0.6) is 0 Å². The van der Waals surface area contributed by atoms with Crippen LogP contribution in [-0.2, 0) is 0 Å². The lowest BCUT2D eigenvalue weighted by molar-refractivity contribution is 0.831. The first-order valence-electron chi connectivity index (χ1n) is 6.55. The number of hydrogen-bond acceptors (Lipinski definition) is 4. The molecule has 0 unspecified atom stereocenters. The maximum atomic E-state index is 5.62. The quantitative estimate of drug-likeness (QED) is 0.659. The fraction of sp³-hybridized carbons (Fsp3) is 0.333. The van der Waals surface area contributed by atoms with Crippen molar-refractivity contribution in [3.63, 3.8) is 0 Å². The summed E-state index contributed by atoms with van der Waals surface area (Å²) in [4.78, 5) is 9.21. The average Bonchev–Trinajstić information content (AvgIpc) is 2.37. The third-order valence-corrected chi connectivity index (χ3v) is 3.77. The van der Waals surface area contributed by atoms with Gasteiger partial charge in [-0.2, -0.15) is 0 Å². The number of aromatic nitrogens is 2. The highest BCUT2D eigenvalue weighted by molar-refractivity contribution is 9.10. The molecule has 5 heteroatoms. The summed E-state index contributed by atoms with van der Waals surface area (Å²) in [6.07, 6.45) is 0. The summed E-state index contributed by atoms with van der Waals surface area (Å²) in [5.41, 5.74) is 6.86. The number of nitrogens with one attached hydrogen (secondary N) is 1. The monoisotopic (exact) mass is 334 g/mol. The SMILES string of the molecule is Cc1cc(Br)ccc1-c1nc(C)c(C(C)C)c(NN)n1. The second-order valence-corrected chi connectivity index (χ2v) is 6.07. The predicted molar refractivity (Wildman–Crippen MR) is 86.5 cm³/mol. The summed E-state index contributed by atoms with van der Waals surface area (Å²) in [7, 11) is 0. The van der Waals surface area contributed by atoms with E-state index >= 15 is 0 Å². The van der Waals surface area contributed by atoms with Crippen molar-refractivity contribution in [2.45, 2.75) is 33.6 Å². The van der Waals surface area contributed by atoms with Crippen LogP contribution in [0.2, 0.25) is 0 Å². The van der Waals surface area contributed by atoms with Crippen LogP contribution in [0.25, 0.3) is 11.4 Å². The molecule has 1 aromatic carbocycles. The van der Waals surface area contributed by atoms with E-state index < -0.39 is 0 Å². The highest BCUT2D eigenvalue weighted by atomic mass is 79.9. The molecule has 1 aromatic heterocycles. The number of benzene rings is 1. The number of halogens is 1. The number of hydrogen-bond donors (Lipinski definition) is 2.